The molecule has 1 aromatic heterocycles. The van der Waals surface area contributed by atoms with Crippen molar-refractivity contribution in [2.24, 2.45) is 0 Å². The van der Waals surface area contributed by atoms with Crippen molar-refractivity contribution in [1.82, 2.24) is 0 Å². The lowest BCUT2D eigenvalue weighted by Gasteiger charge is -2.38. The molecule has 0 bridgehead atoms. The van der Waals surface area contributed by atoms with E-state index in [1.54, 1.807) is 11.3 Å². The molecule has 1 fully saturated rings. The van der Waals surface area contributed by atoms with Gasteiger partial charge in [0.1, 0.15) is 0 Å². The van der Waals surface area contributed by atoms with Crippen molar-refractivity contribution in [3.8, 4) is 0 Å². The Labute approximate surface area is 94.9 Å². The van der Waals surface area contributed by atoms with Gasteiger partial charge < -0.3 is 9.84 Å². The van der Waals surface area contributed by atoms with E-state index in [1.165, 1.54) is 4.88 Å². The van der Waals surface area contributed by atoms with Gasteiger partial charge in [0.25, 0.3) is 0 Å². The predicted octanol–water partition coefficient (Wildman–Crippen LogP) is 2.83. The number of rotatable bonds is 1. The highest BCUT2D eigenvalue weighted by molar-refractivity contribution is 7.10. The molecule has 1 aromatic rings. The highest BCUT2D eigenvalue weighted by Crippen LogP contribution is 2.38. The Bertz CT molecular complexity index is 335. The van der Waals surface area contributed by atoms with E-state index in [9.17, 15) is 5.11 Å². The van der Waals surface area contributed by atoms with E-state index in [-0.39, 0.29) is 12.2 Å². The molecule has 1 saturated heterocycles. The third kappa shape index (κ3) is 2.25. The van der Waals surface area contributed by atoms with Gasteiger partial charge in [-0.1, -0.05) is 0 Å². The molecule has 2 atom stereocenters. The van der Waals surface area contributed by atoms with Crippen molar-refractivity contribution < 1.29 is 9.84 Å². The first-order chi connectivity index (χ1) is 6.99. The first kappa shape index (κ1) is 11.1. The molecule has 15 heavy (non-hydrogen) atoms. The first-order valence-electron chi connectivity index (χ1n) is 5.43. The van der Waals surface area contributed by atoms with Gasteiger partial charge in [-0.3, -0.25) is 0 Å². The Morgan fingerprint density at radius 2 is 2.00 bits per heavy atom. The fourth-order valence-corrected chi connectivity index (χ4v) is 3.25. The SMILES string of the molecule is Cc1cc(C2(O)CC(C)OC(C)C2)cs1. The van der Waals surface area contributed by atoms with Crippen molar-refractivity contribution in [3.05, 3.63) is 21.9 Å². The van der Waals surface area contributed by atoms with E-state index < -0.39 is 5.60 Å². The zero-order chi connectivity index (χ0) is 11.1. The summed E-state index contributed by atoms with van der Waals surface area (Å²) in [7, 11) is 0. The van der Waals surface area contributed by atoms with Gasteiger partial charge in [0.2, 0.25) is 0 Å². The molecule has 2 rings (SSSR count). The summed E-state index contributed by atoms with van der Waals surface area (Å²) < 4.78 is 5.65. The number of hydrogen-bond donors (Lipinski definition) is 1. The Morgan fingerprint density at radius 1 is 1.40 bits per heavy atom. The molecule has 1 aliphatic heterocycles. The number of aryl methyl sites for hydroxylation is 1. The minimum absolute atomic E-state index is 0.138. The van der Waals surface area contributed by atoms with E-state index in [0.29, 0.717) is 12.8 Å². The topological polar surface area (TPSA) is 29.5 Å². The van der Waals surface area contributed by atoms with Crippen LogP contribution in [-0.2, 0) is 10.3 Å². The normalized spacial score (nSPS) is 36.8. The molecular weight excluding hydrogens is 208 g/mol. The van der Waals surface area contributed by atoms with Crippen LogP contribution in [0.25, 0.3) is 0 Å². The van der Waals surface area contributed by atoms with Crippen LogP contribution in [0.4, 0.5) is 0 Å². The highest BCUT2D eigenvalue weighted by Gasteiger charge is 2.38. The maximum atomic E-state index is 10.6. The molecule has 3 heteroatoms. The van der Waals surface area contributed by atoms with Crippen LogP contribution in [0.5, 0.6) is 0 Å². The number of ether oxygens (including phenoxy) is 1. The molecule has 1 N–H and O–H groups in total. The van der Waals surface area contributed by atoms with Gasteiger partial charge in [0, 0.05) is 17.7 Å². The molecule has 0 aliphatic carbocycles. The number of hydrogen-bond acceptors (Lipinski definition) is 3. The average Bonchev–Trinajstić information content (AvgIpc) is 2.49. The minimum atomic E-state index is -0.679. The summed E-state index contributed by atoms with van der Waals surface area (Å²) in [6.07, 6.45) is 1.68. The van der Waals surface area contributed by atoms with Crippen molar-refractivity contribution in [1.29, 1.82) is 0 Å². The highest BCUT2D eigenvalue weighted by atomic mass is 32.1. The van der Waals surface area contributed by atoms with Crippen molar-refractivity contribution in [2.75, 3.05) is 0 Å². The Balaban J connectivity index is 2.25. The lowest BCUT2D eigenvalue weighted by Crippen LogP contribution is -2.40. The molecule has 2 heterocycles. The van der Waals surface area contributed by atoms with Gasteiger partial charge in [0.05, 0.1) is 17.8 Å². The smallest absolute Gasteiger partial charge is 0.0953 e. The van der Waals surface area contributed by atoms with Crippen molar-refractivity contribution in [2.45, 2.75) is 51.4 Å². The Kier molecular flexibility index (Phi) is 2.88. The van der Waals surface area contributed by atoms with E-state index in [4.69, 9.17) is 4.74 Å². The lowest BCUT2D eigenvalue weighted by molar-refractivity contribution is -0.135. The van der Waals surface area contributed by atoms with Gasteiger partial charge in [0.15, 0.2) is 0 Å². The largest absolute Gasteiger partial charge is 0.385 e. The molecule has 0 aromatic carbocycles. The summed E-state index contributed by atoms with van der Waals surface area (Å²) in [5, 5.41) is 12.7. The van der Waals surface area contributed by atoms with Crippen molar-refractivity contribution >= 4 is 11.3 Å². The van der Waals surface area contributed by atoms with Crippen LogP contribution >= 0.6 is 11.3 Å². The van der Waals surface area contributed by atoms with Gasteiger partial charge >= 0.3 is 0 Å². The summed E-state index contributed by atoms with van der Waals surface area (Å²) in [5.41, 5.74) is 0.383. The van der Waals surface area contributed by atoms with Gasteiger partial charge in [-0.15, -0.1) is 11.3 Å². The molecule has 2 unspecified atom stereocenters. The molecule has 0 amide bonds. The van der Waals surface area contributed by atoms with E-state index in [0.717, 1.165) is 5.56 Å². The summed E-state index contributed by atoms with van der Waals surface area (Å²) in [6, 6.07) is 2.09. The monoisotopic (exact) mass is 226 g/mol. The molecule has 0 spiro atoms. The zero-order valence-electron chi connectivity index (χ0n) is 9.49. The van der Waals surface area contributed by atoms with Gasteiger partial charge in [-0.05, 0) is 37.8 Å². The van der Waals surface area contributed by atoms with Crippen LogP contribution in [0, 0.1) is 6.92 Å². The standard InChI is InChI=1S/C12H18O2S/c1-8-5-12(13,6-9(2)14-8)11-4-10(3)15-7-11/h4,7-9,13H,5-6H2,1-3H3. The maximum Gasteiger partial charge on any atom is 0.0953 e. The Hall–Kier alpha value is -0.380. The van der Waals surface area contributed by atoms with E-state index >= 15 is 0 Å². The summed E-state index contributed by atoms with van der Waals surface area (Å²) in [6.45, 7) is 6.13. The van der Waals surface area contributed by atoms with Crippen LogP contribution in [0.2, 0.25) is 0 Å². The van der Waals surface area contributed by atoms with Crippen LogP contribution in [-0.4, -0.2) is 17.3 Å². The lowest BCUT2D eigenvalue weighted by atomic mass is 9.83. The third-order valence-corrected chi connectivity index (χ3v) is 3.84. The number of thiophene rings is 1. The Morgan fingerprint density at radius 3 is 2.47 bits per heavy atom. The zero-order valence-corrected chi connectivity index (χ0v) is 10.3. The second-order valence-electron chi connectivity index (χ2n) is 4.64. The second kappa shape index (κ2) is 3.89. The maximum absolute atomic E-state index is 10.6. The van der Waals surface area contributed by atoms with Crippen LogP contribution in [0.1, 0.15) is 37.1 Å². The van der Waals surface area contributed by atoms with E-state index in [2.05, 4.69) is 18.4 Å². The van der Waals surface area contributed by atoms with Gasteiger partial charge in [-0.2, -0.15) is 0 Å². The minimum Gasteiger partial charge on any atom is -0.385 e. The third-order valence-electron chi connectivity index (χ3n) is 2.98. The molecule has 84 valence electrons. The quantitative estimate of drug-likeness (QED) is 0.798. The fourth-order valence-electron chi connectivity index (χ4n) is 2.45. The first-order valence-corrected chi connectivity index (χ1v) is 6.31. The van der Waals surface area contributed by atoms with Crippen LogP contribution < -0.4 is 0 Å². The van der Waals surface area contributed by atoms with Crippen molar-refractivity contribution in [3.63, 3.8) is 0 Å². The molecule has 1 aliphatic rings. The van der Waals surface area contributed by atoms with Crippen LogP contribution in [0.3, 0.4) is 0 Å². The summed E-state index contributed by atoms with van der Waals surface area (Å²) in [5.74, 6) is 0. The van der Waals surface area contributed by atoms with Gasteiger partial charge in [-0.25, -0.2) is 0 Å². The fraction of sp³-hybridized carbons (Fsp3) is 0.667. The summed E-state index contributed by atoms with van der Waals surface area (Å²) >= 11 is 1.70. The molecule has 0 radical (unpaired) electrons. The molecule has 2 nitrogen and oxygen atoms in total. The number of aliphatic hydroxyl groups is 1. The second-order valence-corrected chi connectivity index (χ2v) is 5.76. The predicted molar refractivity (Wildman–Crippen MR) is 62.2 cm³/mol. The van der Waals surface area contributed by atoms with Crippen LogP contribution in [0.15, 0.2) is 11.4 Å². The molecular formula is C12H18O2S. The average molecular weight is 226 g/mol. The summed E-state index contributed by atoms with van der Waals surface area (Å²) in [4.78, 5) is 1.25. The molecule has 0 saturated carbocycles. The van der Waals surface area contributed by atoms with E-state index in [1.807, 2.05) is 13.8 Å².